The maximum atomic E-state index is 6.85. The molecule has 0 radical (unpaired) electrons. The standard InChI is InChI=1S/C22H45N.H2O/c1-4-7-8-9-10-11-12-17-21(23)22(18-6-3)19-14-13-16-20(22)15-5-2;/h20-21H,4-19,23H2,1-3H3;1H2. The molecule has 24 heavy (non-hydrogen) atoms. The second kappa shape index (κ2) is 14.1. The van der Waals surface area contributed by atoms with Gasteiger partial charge in [0.05, 0.1) is 0 Å². The van der Waals surface area contributed by atoms with Crippen molar-refractivity contribution >= 4 is 0 Å². The smallest absolute Gasteiger partial charge is 0.00982 e. The molecule has 0 amide bonds. The first-order chi connectivity index (χ1) is 11.2. The molecule has 0 spiro atoms. The van der Waals surface area contributed by atoms with Crippen LogP contribution in [0.25, 0.3) is 0 Å². The van der Waals surface area contributed by atoms with Crippen LogP contribution in [0.3, 0.4) is 0 Å². The highest BCUT2D eigenvalue weighted by atomic mass is 16.0. The van der Waals surface area contributed by atoms with Crippen LogP contribution in [0.4, 0.5) is 0 Å². The van der Waals surface area contributed by atoms with Crippen molar-refractivity contribution in [1.29, 1.82) is 0 Å². The minimum atomic E-state index is 0. The van der Waals surface area contributed by atoms with Gasteiger partial charge in [-0.1, -0.05) is 97.8 Å². The summed E-state index contributed by atoms with van der Waals surface area (Å²) in [5.74, 6) is 0.903. The van der Waals surface area contributed by atoms with Crippen molar-refractivity contribution in [3.05, 3.63) is 0 Å². The largest absolute Gasteiger partial charge is 0.412 e. The molecule has 1 saturated carbocycles. The maximum absolute atomic E-state index is 6.85. The second-order valence-corrected chi connectivity index (χ2v) is 8.23. The Kier molecular flexibility index (Phi) is 14.1. The van der Waals surface area contributed by atoms with Crippen molar-refractivity contribution in [2.45, 2.75) is 130 Å². The number of nitrogens with two attached hydrogens (primary N) is 1. The van der Waals surface area contributed by atoms with Gasteiger partial charge in [0.2, 0.25) is 0 Å². The number of rotatable bonds is 13. The molecule has 1 rings (SSSR count). The molecule has 0 aromatic rings. The SMILES string of the molecule is CCCCCCCCCC(N)C1(CCC)CCCCC1CCC.O. The van der Waals surface area contributed by atoms with Gasteiger partial charge in [-0.3, -0.25) is 0 Å². The van der Waals surface area contributed by atoms with E-state index in [1.165, 1.54) is 103 Å². The fraction of sp³-hybridized carbons (Fsp3) is 1.00. The number of hydrogen-bond acceptors (Lipinski definition) is 1. The van der Waals surface area contributed by atoms with Crippen molar-refractivity contribution in [3.63, 3.8) is 0 Å². The predicted octanol–water partition coefficient (Wildman–Crippen LogP) is 6.41. The van der Waals surface area contributed by atoms with Crippen LogP contribution in [0, 0.1) is 11.3 Å². The molecular formula is C22H47NO. The van der Waals surface area contributed by atoms with E-state index in [1.807, 2.05) is 0 Å². The van der Waals surface area contributed by atoms with Gasteiger partial charge in [0, 0.05) is 6.04 Å². The summed E-state index contributed by atoms with van der Waals surface area (Å²) in [5, 5.41) is 0. The van der Waals surface area contributed by atoms with Crippen molar-refractivity contribution in [3.8, 4) is 0 Å². The molecule has 1 fully saturated rings. The van der Waals surface area contributed by atoms with Crippen molar-refractivity contribution in [2.75, 3.05) is 0 Å². The lowest BCUT2D eigenvalue weighted by Crippen LogP contribution is -2.48. The molecule has 0 aliphatic heterocycles. The molecule has 0 bridgehead atoms. The van der Waals surface area contributed by atoms with Crippen LogP contribution in [0.15, 0.2) is 0 Å². The molecule has 4 N–H and O–H groups in total. The van der Waals surface area contributed by atoms with E-state index >= 15 is 0 Å². The maximum Gasteiger partial charge on any atom is 0.00982 e. The van der Waals surface area contributed by atoms with Crippen LogP contribution in [0.5, 0.6) is 0 Å². The first-order valence-electron chi connectivity index (χ1n) is 11.0. The Morgan fingerprint density at radius 2 is 1.54 bits per heavy atom. The molecule has 146 valence electrons. The molecule has 0 aromatic heterocycles. The van der Waals surface area contributed by atoms with E-state index in [0.717, 1.165) is 5.92 Å². The van der Waals surface area contributed by atoms with Crippen LogP contribution >= 0.6 is 0 Å². The van der Waals surface area contributed by atoms with Gasteiger partial charge < -0.3 is 11.2 Å². The normalized spacial score (nSPS) is 25.2. The molecule has 2 heteroatoms. The lowest BCUT2D eigenvalue weighted by molar-refractivity contribution is 0.0399. The number of hydrogen-bond donors (Lipinski definition) is 1. The van der Waals surface area contributed by atoms with Gasteiger partial charge >= 0.3 is 0 Å². The van der Waals surface area contributed by atoms with Crippen molar-refractivity contribution in [2.24, 2.45) is 17.1 Å². The Morgan fingerprint density at radius 3 is 2.17 bits per heavy atom. The summed E-state index contributed by atoms with van der Waals surface area (Å²) in [6.45, 7) is 7.01. The molecule has 2 nitrogen and oxygen atoms in total. The van der Waals surface area contributed by atoms with E-state index < -0.39 is 0 Å². The molecule has 0 saturated heterocycles. The fourth-order valence-electron chi connectivity index (χ4n) is 5.19. The monoisotopic (exact) mass is 341 g/mol. The van der Waals surface area contributed by atoms with Crippen LogP contribution in [0.2, 0.25) is 0 Å². The van der Waals surface area contributed by atoms with E-state index in [-0.39, 0.29) is 5.48 Å². The molecule has 3 atom stereocenters. The van der Waals surface area contributed by atoms with Crippen LogP contribution in [0.1, 0.15) is 124 Å². The van der Waals surface area contributed by atoms with Crippen molar-refractivity contribution in [1.82, 2.24) is 0 Å². The second-order valence-electron chi connectivity index (χ2n) is 8.23. The third-order valence-electron chi connectivity index (χ3n) is 6.47. The minimum Gasteiger partial charge on any atom is -0.412 e. The van der Waals surface area contributed by atoms with Crippen LogP contribution < -0.4 is 5.73 Å². The van der Waals surface area contributed by atoms with Gasteiger partial charge in [0.1, 0.15) is 0 Å². The average Bonchev–Trinajstić information content (AvgIpc) is 2.56. The van der Waals surface area contributed by atoms with Gasteiger partial charge in [-0.2, -0.15) is 0 Å². The Bertz CT molecular complexity index is 275. The zero-order chi connectivity index (χ0) is 17.0. The Morgan fingerprint density at radius 1 is 0.875 bits per heavy atom. The minimum absolute atomic E-state index is 0. The Labute approximate surface area is 152 Å². The van der Waals surface area contributed by atoms with Crippen molar-refractivity contribution < 1.29 is 5.48 Å². The quantitative estimate of drug-likeness (QED) is 0.387. The van der Waals surface area contributed by atoms with Crippen LogP contribution in [-0.4, -0.2) is 11.5 Å². The predicted molar refractivity (Wildman–Crippen MR) is 108 cm³/mol. The molecular weight excluding hydrogens is 294 g/mol. The van der Waals surface area contributed by atoms with Gasteiger partial charge in [-0.25, -0.2) is 0 Å². The summed E-state index contributed by atoms with van der Waals surface area (Å²) in [4.78, 5) is 0. The van der Waals surface area contributed by atoms with Gasteiger partial charge in [-0.05, 0) is 37.0 Å². The Balaban J connectivity index is 0.00000529. The first kappa shape index (κ1) is 23.9. The van der Waals surface area contributed by atoms with E-state index in [2.05, 4.69) is 20.8 Å². The number of unbranched alkanes of at least 4 members (excludes halogenated alkanes) is 6. The summed E-state index contributed by atoms with van der Waals surface area (Å²) in [6.07, 6.45) is 22.2. The summed E-state index contributed by atoms with van der Waals surface area (Å²) in [7, 11) is 0. The third-order valence-corrected chi connectivity index (χ3v) is 6.47. The highest BCUT2D eigenvalue weighted by Gasteiger charge is 2.43. The molecule has 0 aromatic carbocycles. The summed E-state index contributed by atoms with van der Waals surface area (Å²) in [5.41, 5.74) is 7.33. The third kappa shape index (κ3) is 7.44. The average molecular weight is 342 g/mol. The van der Waals surface area contributed by atoms with E-state index in [9.17, 15) is 0 Å². The van der Waals surface area contributed by atoms with Gasteiger partial charge in [0.15, 0.2) is 0 Å². The van der Waals surface area contributed by atoms with Crippen LogP contribution in [-0.2, 0) is 0 Å². The highest BCUT2D eigenvalue weighted by Crippen LogP contribution is 2.49. The topological polar surface area (TPSA) is 57.5 Å². The zero-order valence-corrected chi connectivity index (χ0v) is 17.0. The molecule has 3 unspecified atom stereocenters. The lowest BCUT2D eigenvalue weighted by atomic mass is 9.58. The van der Waals surface area contributed by atoms with E-state index in [0.29, 0.717) is 11.5 Å². The zero-order valence-electron chi connectivity index (χ0n) is 17.0. The van der Waals surface area contributed by atoms with Gasteiger partial charge in [-0.15, -0.1) is 0 Å². The lowest BCUT2D eigenvalue weighted by Gasteiger charge is -2.49. The Hall–Kier alpha value is -0.0800. The first-order valence-corrected chi connectivity index (χ1v) is 11.0. The summed E-state index contributed by atoms with van der Waals surface area (Å²) < 4.78 is 0. The summed E-state index contributed by atoms with van der Waals surface area (Å²) >= 11 is 0. The molecule has 1 aliphatic rings. The fourth-order valence-corrected chi connectivity index (χ4v) is 5.19. The van der Waals surface area contributed by atoms with E-state index in [4.69, 9.17) is 5.73 Å². The van der Waals surface area contributed by atoms with Gasteiger partial charge in [0.25, 0.3) is 0 Å². The summed E-state index contributed by atoms with van der Waals surface area (Å²) in [6, 6.07) is 0.454. The van der Waals surface area contributed by atoms with E-state index in [1.54, 1.807) is 0 Å². The molecule has 1 aliphatic carbocycles. The highest BCUT2D eigenvalue weighted by molar-refractivity contribution is 4.96. The molecule has 0 heterocycles.